The largest absolute Gasteiger partial charge is 0.466 e. The number of carbonyl (C=O) groups is 3. The van der Waals surface area contributed by atoms with Gasteiger partial charge in [0.15, 0.2) is 0 Å². The highest BCUT2D eigenvalue weighted by Gasteiger charge is 2.18. The molecule has 1 saturated heterocycles. The second-order valence-electron chi connectivity index (χ2n) is 20.2. The molecule has 8 nitrogen and oxygen atoms in total. The van der Waals surface area contributed by atoms with Crippen LogP contribution in [0, 0.1) is 11.8 Å². The van der Waals surface area contributed by atoms with Crippen molar-refractivity contribution in [2.75, 3.05) is 53.0 Å². The van der Waals surface area contributed by atoms with Crippen LogP contribution in [0.1, 0.15) is 272 Å². The minimum absolute atomic E-state index is 0.00647. The van der Waals surface area contributed by atoms with Crippen LogP contribution in [0.15, 0.2) is 0 Å². The minimum Gasteiger partial charge on any atom is -0.466 e. The predicted octanol–water partition coefficient (Wildman–Crippen LogP) is 15.4. The Morgan fingerprint density at radius 1 is 0.406 bits per heavy atom. The zero-order valence-electron chi connectivity index (χ0n) is 43.4. The Bertz CT molecular complexity index is 968. The maximum Gasteiger partial charge on any atom is 0.306 e. The second kappa shape index (κ2) is 45.1. The third kappa shape index (κ3) is 38.4. The standard InChI is InChI=1S/C56H108N2O6/c1-6-10-26-35-51(36-27-11-7-2)49-55(60)62-47-32-24-20-16-14-18-22-30-39-53(64-54(59)41-34-42-58-45-43-57(5)44-46-58)40-31-23-19-15-17-21-25-33-48-63-56(61)50-52(37-28-12-8-3)38-29-13-9-4/h51-53H,6-50H2,1-5H3. The highest BCUT2D eigenvalue weighted by molar-refractivity contribution is 5.70. The van der Waals surface area contributed by atoms with Gasteiger partial charge in [0.2, 0.25) is 0 Å². The van der Waals surface area contributed by atoms with E-state index in [9.17, 15) is 14.4 Å². The maximum absolute atomic E-state index is 13.0. The van der Waals surface area contributed by atoms with Gasteiger partial charge in [-0.15, -0.1) is 0 Å². The van der Waals surface area contributed by atoms with Crippen molar-refractivity contribution >= 4 is 17.9 Å². The van der Waals surface area contributed by atoms with E-state index in [1.807, 2.05) is 0 Å². The van der Waals surface area contributed by atoms with Gasteiger partial charge in [0.05, 0.1) is 13.2 Å². The summed E-state index contributed by atoms with van der Waals surface area (Å²) in [6, 6.07) is 0. The molecule has 0 aliphatic carbocycles. The summed E-state index contributed by atoms with van der Waals surface area (Å²) in [4.78, 5) is 42.9. The van der Waals surface area contributed by atoms with Crippen LogP contribution in [0.3, 0.4) is 0 Å². The fourth-order valence-corrected chi connectivity index (χ4v) is 9.49. The molecular formula is C56H108N2O6. The van der Waals surface area contributed by atoms with Crippen LogP contribution in [0.5, 0.6) is 0 Å². The quantitative estimate of drug-likeness (QED) is 0.0339. The Kier molecular flexibility index (Phi) is 42.6. The zero-order chi connectivity index (χ0) is 46.6. The first-order chi connectivity index (χ1) is 31.3. The summed E-state index contributed by atoms with van der Waals surface area (Å²) in [6.45, 7) is 15.5. The van der Waals surface area contributed by atoms with Crippen molar-refractivity contribution in [2.24, 2.45) is 11.8 Å². The molecule has 1 aliphatic heterocycles. The number of rotatable bonds is 47. The van der Waals surface area contributed by atoms with E-state index in [4.69, 9.17) is 14.2 Å². The molecule has 0 aromatic heterocycles. The third-order valence-corrected chi connectivity index (χ3v) is 13.9. The number of piperazine rings is 1. The Morgan fingerprint density at radius 3 is 1.12 bits per heavy atom. The molecule has 1 heterocycles. The van der Waals surface area contributed by atoms with E-state index < -0.39 is 0 Å². The molecule has 0 amide bonds. The molecule has 0 saturated carbocycles. The van der Waals surface area contributed by atoms with Crippen LogP contribution in [-0.4, -0.2) is 86.8 Å². The van der Waals surface area contributed by atoms with Crippen LogP contribution in [0.25, 0.3) is 0 Å². The molecule has 0 atom stereocenters. The van der Waals surface area contributed by atoms with Gasteiger partial charge in [-0.1, -0.05) is 182 Å². The number of hydrogen-bond donors (Lipinski definition) is 0. The zero-order valence-corrected chi connectivity index (χ0v) is 43.4. The molecule has 378 valence electrons. The summed E-state index contributed by atoms with van der Waals surface area (Å²) in [5.41, 5.74) is 0. The maximum atomic E-state index is 13.0. The van der Waals surface area contributed by atoms with E-state index in [1.54, 1.807) is 0 Å². The molecule has 1 rings (SSSR count). The lowest BCUT2D eigenvalue weighted by Gasteiger charge is -2.32. The van der Waals surface area contributed by atoms with E-state index in [0.717, 1.165) is 90.5 Å². The lowest BCUT2D eigenvalue weighted by Crippen LogP contribution is -2.44. The van der Waals surface area contributed by atoms with Gasteiger partial charge in [-0.2, -0.15) is 0 Å². The number of carbonyl (C=O) groups excluding carboxylic acids is 3. The monoisotopic (exact) mass is 905 g/mol. The molecule has 0 bridgehead atoms. The van der Waals surface area contributed by atoms with Crippen molar-refractivity contribution in [3.8, 4) is 0 Å². The average molecular weight is 905 g/mol. The fourth-order valence-electron chi connectivity index (χ4n) is 9.49. The van der Waals surface area contributed by atoms with Gasteiger partial charge < -0.3 is 24.0 Å². The van der Waals surface area contributed by atoms with Gasteiger partial charge in [0.1, 0.15) is 6.10 Å². The molecule has 0 spiro atoms. The lowest BCUT2D eigenvalue weighted by molar-refractivity contribution is -0.150. The summed E-state index contributed by atoms with van der Waals surface area (Å²) >= 11 is 0. The van der Waals surface area contributed by atoms with Gasteiger partial charge >= 0.3 is 17.9 Å². The highest BCUT2D eigenvalue weighted by atomic mass is 16.5. The van der Waals surface area contributed by atoms with E-state index in [2.05, 4.69) is 44.5 Å². The smallest absolute Gasteiger partial charge is 0.306 e. The first-order valence-corrected chi connectivity index (χ1v) is 28.2. The van der Waals surface area contributed by atoms with Crippen molar-refractivity contribution in [3.05, 3.63) is 0 Å². The Morgan fingerprint density at radius 2 is 0.750 bits per heavy atom. The highest BCUT2D eigenvalue weighted by Crippen LogP contribution is 2.24. The van der Waals surface area contributed by atoms with Crippen LogP contribution in [0.2, 0.25) is 0 Å². The van der Waals surface area contributed by atoms with Crippen molar-refractivity contribution in [3.63, 3.8) is 0 Å². The number of esters is 3. The van der Waals surface area contributed by atoms with Crippen LogP contribution in [-0.2, 0) is 28.6 Å². The fraction of sp³-hybridized carbons (Fsp3) is 0.946. The Balaban J connectivity index is 2.27. The van der Waals surface area contributed by atoms with Crippen molar-refractivity contribution in [2.45, 2.75) is 278 Å². The molecular weight excluding hydrogens is 797 g/mol. The first-order valence-electron chi connectivity index (χ1n) is 28.2. The van der Waals surface area contributed by atoms with Crippen LogP contribution in [0.4, 0.5) is 0 Å². The summed E-state index contributed by atoms with van der Waals surface area (Å²) < 4.78 is 17.5. The van der Waals surface area contributed by atoms with E-state index >= 15 is 0 Å². The molecule has 0 aromatic rings. The predicted molar refractivity (Wildman–Crippen MR) is 271 cm³/mol. The number of nitrogens with zero attached hydrogens (tertiary/aromatic N) is 2. The SMILES string of the molecule is CCCCCC(CCCCC)CC(=O)OCCCCCCCCCCC(CCCCCCCCCCOC(=O)CC(CCCCC)CCCCC)OC(=O)CCCN1CCN(C)CC1. The van der Waals surface area contributed by atoms with Crippen LogP contribution < -0.4 is 0 Å². The van der Waals surface area contributed by atoms with E-state index in [-0.39, 0.29) is 24.0 Å². The molecule has 1 fully saturated rings. The van der Waals surface area contributed by atoms with E-state index in [0.29, 0.717) is 44.3 Å². The normalized spacial score (nSPS) is 13.7. The van der Waals surface area contributed by atoms with Gasteiger partial charge in [0, 0.05) is 45.4 Å². The van der Waals surface area contributed by atoms with Crippen molar-refractivity contribution in [1.82, 2.24) is 9.80 Å². The van der Waals surface area contributed by atoms with Gasteiger partial charge in [-0.3, -0.25) is 14.4 Å². The van der Waals surface area contributed by atoms with Crippen LogP contribution >= 0.6 is 0 Å². The Labute approximate surface area is 397 Å². The average Bonchev–Trinajstić information content (AvgIpc) is 3.28. The van der Waals surface area contributed by atoms with Gasteiger partial charge in [-0.05, 0) is 96.1 Å². The van der Waals surface area contributed by atoms with Gasteiger partial charge in [-0.25, -0.2) is 0 Å². The molecule has 1 aliphatic rings. The molecule has 8 heteroatoms. The lowest BCUT2D eigenvalue weighted by atomic mass is 9.92. The molecule has 64 heavy (non-hydrogen) atoms. The topological polar surface area (TPSA) is 85.4 Å². The molecule has 0 radical (unpaired) electrons. The summed E-state index contributed by atoms with van der Waals surface area (Å²) in [6.07, 6.45) is 42.9. The summed E-state index contributed by atoms with van der Waals surface area (Å²) in [5, 5.41) is 0. The number of ether oxygens (including phenoxy) is 3. The summed E-state index contributed by atoms with van der Waals surface area (Å²) in [5.74, 6) is 1.02. The van der Waals surface area contributed by atoms with Gasteiger partial charge in [0.25, 0.3) is 0 Å². The minimum atomic E-state index is -0.00647. The molecule has 0 unspecified atom stereocenters. The van der Waals surface area contributed by atoms with E-state index in [1.165, 1.54) is 167 Å². The molecule has 0 aromatic carbocycles. The number of unbranched alkanes of at least 4 members (excludes halogenated alkanes) is 22. The van der Waals surface area contributed by atoms with Crippen molar-refractivity contribution < 1.29 is 28.6 Å². The Hall–Kier alpha value is -1.67. The third-order valence-electron chi connectivity index (χ3n) is 13.9. The molecule has 0 N–H and O–H groups in total. The van der Waals surface area contributed by atoms with Crippen molar-refractivity contribution in [1.29, 1.82) is 0 Å². The summed E-state index contributed by atoms with van der Waals surface area (Å²) in [7, 11) is 2.18. The first kappa shape index (κ1) is 60.3. The second-order valence-corrected chi connectivity index (χ2v) is 20.2. The number of hydrogen-bond acceptors (Lipinski definition) is 8. The number of likely N-dealkylation sites (N-methyl/N-ethyl adjacent to an activating group) is 1.